The zero-order valence-corrected chi connectivity index (χ0v) is 16.3. The Bertz CT molecular complexity index is 819. The molecule has 0 saturated carbocycles. The van der Waals surface area contributed by atoms with Gasteiger partial charge in [0.1, 0.15) is 10.6 Å². The van der Waals surface area contributed by atoms with Gasteiger partial charge in [0, 0.05) is 12.6 Å². The summed E-state index contributed by atoms with van der Waals surface area (Å²) in [4.78, 5) is 23.0. The van der Waals surface area contributed by atoms with Gasteiger partial charge >= 0.3 is 6.09 Å². The number of piperidine rings is 1. The smallest absolute Gasteiger partial charge is 0.410 e. The Balaban J connectivity index is 1.73. The average Bonchev–Trinajstić information content (AvgIpc) is 2.60. The molecule has 2 aromatic rings. The van der Waals surface area contributed by atoms with Crippen molar-refractivity contribution in [3.63, 3.8) is 0 Å². The number of hydrogen-bond acceptors (Lipinski definition) is 5. The number of benzene rings is 1. The normalized spacial score (nSPS) is 19.3. The number of para-hydroxylation sites is 2. The summed E-state index contributed by atoms with van der Waals surface area (Å²) in [7, 11) is -1.32. The molecule has 1 fully saturated rings. The van der Waals surface area contributed by atoms with Crippen LogP contribution in [0.1, 0.15) is 40.0 Å². The first-order valence-corrected chi connectivity index (χ1v) is 10.3. The molecule has 0 aliphatic carbocycles. The molecule has 1 aromatic carbocycles. The van der Waals surface area contributed by atoms with E-state index in [0.717, 1.165) is 30.3 Å². The first kappa shape index (κ1) is 18.8. The first-order valence-electron chi connectivity index (χ1n) is 8.93. The Hall–Kier alpha value is -2.02. The number of rotatable bonds is 3. The molecule has 1 aliphatic heterocycles. The van der Waals surface area contributed by atoms with Gasteiger partial charge in [-0.3, -0.25) is 9.19 Å². The second kappa shape index (κ2) is 7.70. The summed E-state index contributed by atoms with van der Waals surface area (Å²) in [6.45, 7) is 6.20. The lowest BCUT2D eigenvalue weighted by atomic mass is 10.0. The number of carbonyl (C=O) groups excluding carboxylic acids is 1. The molecule has 3 rings (SSSR count). The van der Waals surface area contributed by atoms with E-state index in [1.54, 1.807) is 11.1 Å². The second-order valence-electron chi connectivity index (χ2n) is 7.53. The fourth-order valence-corrected chi connectivity index (χ4v) is 4.28. The van der Waals surface area contributed by atoms with Crippen LogP contribution in [0.2, 0.25) is 0 Å². The largest absolute Gasteiger partial charge is 0.444 e. The molecule has 0 spiro atoms. The molecule has 1 aromatic heterocycles. The average molecular weight is 375 g/mol. The summed E-state index contributed by atoms with van der Waals surface area (Å²) in [5, 5.41) is 0.457. The molecule has 26 heavy (non-hydrogen) atoms. The van der Waals surface area contributed by atoms with E-state index in [-0.39, 0.29) is 12.1 Å². The van der Waals surface area contributed by atoms with Crippen LogP contribution in [-0.2, 0) is 15.5 Å². The van der Waals surface area contributed by atoms with Crippen LogP contribution >= 0.6 is 0 Å². The zero-order chi connectivity index (χ0) is 18.7. The van der Waals surface area contributed by atoms with Crippen LogP contribution in [-0.4, -0.2) is 49.1 Å². The maximum atomic E-state index is 12.8. The van der Waals surface area contributed by atoms with Crippen LogP contribution in [0, 0.1) is 0 Å². The fraction of sp³-hybridized carbons (Fsp3) is 0.526. The van der Waals surface area contributed by atoms with Gasteiger partial charge in [0.15, 0.2) is 0 Å². The van der Waals surface area contributed by atoms with Crippen molar-refractivity contribution in [2.75, 3.05) is 12.3 Å². The third-order valence-electron chi connectivity index (χ3n) is 4.26. The van der Waals surface area contributed by atoms with Crippen molar-refractivity contribution < 1.29 is 13.7 Å². The van der Waals surface area contributed by atoms with E-state index in [1.165, 1.54) is 0 Å². The van der Waals surface area contributed by atoms with E-state index in [1.807, 2.05) is 45.0 Å². The SMILES string of the molecule is CC(C)(C)OC(=O)N1CCCC[C@H]1C[S@@](=O)c1cnc2ccccc2n1. The topological polar surface area (TPSA) is 72.4 Å². The molecule has 0 bridgehead atoms. The number of hydrogen-bond donors (Lipinski definition) is 0. The Kier molecular flexibility index (Phi) is 5.55. The number of nitrogens with zero attached hydrogens (tertiary/aromatic N) is 3. The van der Waals surface area contributed by atoms with Crippen molar-refractivity contribution >= 4 is 27.9 Å². The molecule has 2 heterocycles. The number of aromatic nitrogens is 2. The van der Waals surface area contributed by atoms with Crippen LogP contribution in [0.15, 0.2) is 35.5 Å². The highest BCUT2D eigenvalue weighted by Gasteiger charge is 2.32. The van der Waals surface area contributed by atoms with Crippen molar-refractivity contribution in [2.45, 2.75) is 56.7 Å². The van der Waals surface area contributed by atoms with Gasteiger partial charge in [0.2, 0.25) is 0 Å². The summed E-state index contributed by atoms with van der Waals surface area (Å²) in [6, 6.07) is 7.41. The third-order valence-corrected chi connectivity index (χ3v) is 5.61. The Morgan fingerprint density at radius 2 is 2.00 bits per heavy atom. The van der Waals surface area contributed by atoms with Crippen molar-refractivity contribution in [3.05, 3.63) is 30.5 Å². The van der Waals surface area contributed by atoms with Crippen molar-refractivity contribution in [1.29, 1.82) is 0 Å². The molecule has 0 N–H and O–H groups in total. The highest BCUT2D eigenvalue weighted by Crippen LogP contribution is 2.22. The molecule has 2 atom stereocenters. The maximum Gasteiger partial charge on any atom is 0.410 e. The number of amides is 1. The van der Waals surface area contributed by atoms with Gasteiger partial charge in [-0.2, -0.15) is 0 Å². The summed E-state index contributed by atoms with van der Waals surface area (Å²) >= 11 is 0. The van der Waals surface area contributed by atoms with Crippen molar-refractivity contribution in [1.82, 2.24) is 14.9 Å². The van der Waals surface area contributed by atoms with E-state index in [4.69, 9.17) is 4.74 Å². The van der Waals surface area contributed by atoms with Gasteiger partial charge in [0.05, 0.1) is 33.8 Å². The maximum absolute atomic E-state index is 12.8. The van der Waals surface area contributed by atoms with E-state index >= 15 is 0 Å². The van der Waals surface area contributed by atoms with Gasteiger partial charge in [-0.15, -0.1) is 0 Å². The summed E-state index contributed by atoms with van der Waals surface area (Å²) in [5.41, 5.74) is 0.967. The molecule has 0 radical (unpaired) electrons. The predicted octanol–water partition coefficient (Wildman–Crippen LogP) is 3.53. The van der Waals surface area contributed by atoms with E-state index in [2.05, 4.69) is 9.97 Å². The minimum Gasteiger partial charge on any atom is -0.444 e. The van der Waals surface area contributed by atoms with Gasteiger partial charge in [-0.25, -0.2) is 9.78 Å². The van der Waals surface area contributed by atoms with Gasteiger partial charge in [0.25, 0.3) is 0 Å². The van der Waals surface area contributed by atoms with Crippen LogP contribution < -0.4 is 0 Å². The summed E-state index contributed by atoms with van der Waals surface area (Å²) < 4.78 is 18.4. The van der Waals surface area contributed by atoms with Gasteiger partial charge in [-0.05, 0) is 52.2 Å². The van der Waals surface area contributed by atoms with E-state index < -0.39 is 16.4 Å². The fourth-order valence-electron chi connectivity index (χ4n) is 3.04. The molecular weight excluding hydrogens is 350 g/mol. The Labute approximate surface area is 156 Å². The van der Waals surface area contributed by atoms with E-state index in [0.29, 0.717) is 17.3 Å². The minimum atomic E-state index is -1.32. The number of carbonyl (C=O) groups is 1. The van der Waals surface area contributed by atoms with Gasteiger partial charge in [-0.1, -0.05) is 12.1 Å². The standard InChI is InChI=1S/C19H25N3O3S/c1-19(2,3)25-18(23)22-11-7-6-8-14(22)13-26(24)17-12-20-15-9-4-5-10-16(15)21-17/h4-5,9-10,12,14H,6-8,11,13H2,1-3H3/t14-,26+/m0/s1. The number of likely N-dealkylation sites (tertiary alicyclic amines) is 1. The van der Waals surface area contributed by atoms with Crippen LogP contribution in [0.5, 0.6) is 0 Å². The minimum absolute atomic E-state index is 0.104. The molecule has 1 saturated heterocycles. The zero-order valence-electron chi connectivity index (χ0n) is 15.5. The predicted molar refractivity (Wildman–Crippen MR) is 101 cm³/mol. The second-order valence-corrected chi connectivity index (χ2v) is 8.98. The van der Waals surface area contributed by atoms with Crippen molar-refractivity contribution in [2.24, 2.45) is 0 Å². The molecule has 7 heteroatoms. The highest BCUT2D eigenvalue weighted by atomic mass is 32.2. The van der Waals surface area contributed by atoms with E-state index in [9.17, 15) is 9.00 Å². The molecule has 140 valence electrons. The van der Waals surface area contributed by atoms with Crippen LogP contribution in [0.4, 0.5) is 4.79 Å². The molecule has 1 aliphatic rings. The quantitative estimate of drug-likeness (QED) is 0.821. The lowest BCUT2D eigenvalue weighted by molar-refractivity contribution is 0.0125. The third kappa shape index (κ3) is 4.58. The summed E-state index contributed by atoms with van der Waals surface area (Å²) in [6.07, 6.45) is 4.03. The van der Waals surface area contributed by atoms with Crippen molar-refractivity contribution in [3.8, 4) is 0 Å². The van der Waals surface area contributed by atoms with Crippen LogP contribution in [0.3, 0.4) is 0 Å². The Morgan fingerprint density at radius 3 is 2.73 bits per heavy atom. The molecule has 6 nitrogen and oxygen atoms in total. The monoisotopic (exact) mass is 375 g/mol. The highest BCUT2D eigenvalue weighted by molar-refractivity contribution is 7.85. The lowest BCUT2D eigenvalue weighted by Gasteiger charge is -2.36. The Morgan fingerprint density at radius 1 is 1.27 bits per heavy atom. The summed E-state index contributed by atoms with van der Waals surface area (Å²) in [5.74, 6) is 0.353. The molecular formula is C19H25N3O3S. The van der Waals surface area contributed by atoms with Crippen LogP contribution in [0.25, 0.3) is 11.0 Å². The first-order chi connectivity index (χ1) is 12.3. The molecule has 0 unspecified atom stereocenters. The number of ether oxygens (including phenoxy) is 1. The number of fused-ring (bicyclic) bond motifs is 1. The molecule has 1 amide bonds. The lowest BCUT2D eigenvalue weighted by Crippen LogP contribution is -2.48. The van der Waals surface area contributed by atoms with Gasteiger partial charge < -0.3 is 9.64 Å².